The standard InChI is InChI=1S/C13H20O2/c1-13(2)10(11(13)12(14)15)8-7-9-5-3-4-6-9/h7-11H,3-6H2,1-2H3,(H,14,15). The van der Waals surface area contributed by atoms with E-state index in [0.29, 0.717) is 0 Å². The van der Waals surface area contributed by atoms with Crippen LogP contribution in [0, 0.1) is 23.2 Å². The Bertz CT molecular complexity index is 285. The normalized spacial score (nSPS) is 34.8. The van der Waals surface area contributed by atoms with Gasteiger partial charge in [0.15, 0.2) is 0 Å². The lowest BCUT2D eigenvalue weighted by Gasteiger charge is -2.00. The van der Waals surface area contributed by atoms with Crippen LogP contribution in [0.3, 0.4) is 0 Å². The van der Waals surface area contributed by atoms with E-state index in [1.165, 1.54) is 25.7 Å². The van der Waals surface area contributed by atoms with Crippen LogP contribution in [-0.4, -0.2) is 11.1 Å². The van der Waals surface area contributed by atoms with Gasteiger partial charge in [0.2, 0.25) is 0 Å². The van der Waals surface area contributed by atoms with E-state index in [9.17, 15) is 4.79 Å². The highest BCUT2D eigenvalue weighted by Crippen LogP contribution is 2.59. The fourth-order valence-corrected chi connectivity index (χ4v) is 2.94. The minimum atomic E-state index is -0.638. The van der Waals surface area contributed by atoms with Gasteiger partial charge in [-0.15, -0.1) is 0 Å². The first-order valence-corrected chi connectivity index (χ1v) is 5.94. The molecule has 0 aliphatic heterocycles. The van der Waals surface area contributed by atoms with Crippen LogP contribution in [-0.2, 0) is 4.79 Å². The minimum Gasteiger partial charge on any atom is -0.481 e. The van der Waals surface area contributed by atoms with Crippen LogP contribution >= 0.6 is 0 Å². The van der Waals surface area contributed by atoms with Gasteiger partial charge < -0.3 is 5.11 Å². The van der Waals surface area contributed by atoms with Gasteiger partial charge in [0, 0.05) is 0 Å². The molecule has 0 heterocycles. The fourth-order valence-electron chi connectivity index (χ4n) is 2.94. The zero-order chi connectivity index (χ0) is 11.1. The van der Waals surface area contributed by atoms with Gasteiger partial charge in [-0.1, -0.05) is 38.8 Å². The van der Waals surface area contributed by atoms with Crippen molar-refractivity contribution in [1.82, 2.24) is 0 Å². The second-order valence-corrected chi connectivity index (χ2v) is 5.59. The monoisotopic (exact) mass is 208 g/mol. The lowest BCUT2D eigenvalue weighted by molar-refractivity contribution is -0.139. The van der Waals surface area contributed by atoms with E-state index >= 15 is 0 Å². The van der Waals surface area contributed by atoms with E-state index in [1.807, 2.05) is 0 Å². The molecule has 2 atom stereocenters. The third-order valence-corrected chi connectivity index (χ3v) is 4.17. The van der Waals surface area contributed by atoms with Crippen LogP contribution in [0.15, 0.2) is 12.2 Å². The molecule has 0 aromatic rings. The van der Waals surface area contributed by atoms with Crippen LogP contribution in [0.25, 0.3) is 0 Å². The minimum absolute atomic E-state index is 0.0268. The van der Waals surface area contributed by atoms with Gasteiger partial charge in [0.05, 0.1) is 5.92 Å². The van der Waals surface area contributed by atoms with Crippen LogP contribution in [0.1, 0.15) is 39.5 Å². The largest absolute Gasteiger partial charge is 0.481 e. The van der Waals surface area contributed by atoms with Gasteiger partial charge in [-0.3, -0.25) is 4.79 Å². The SMILES string of the molecule is CC1(C)C(C=CC2CCCC2)C1C(=O)O. The van der Waals surface area contributed by atoms with E-state index in [-0.39, 0.29) is 17.3 Å². The molecule has 2 rings (SSSR count). The number of rotatable bonds is 3. The zero-order valence-corrected chi connectivity index (χ0v) is 9.57. The Hall–Kier alpha value is -0.790. The zero-order valence-electron chi connectivity index (χ0n) is 9.57. The number of hydrogen-bond acceptors (Lipinski definition) is 1. The highest BCUT2D eigenvalue weighted by Gasteiger charge is 2.60. The summed E-state index contributed by atoms with van der Waals surface area (Å²) < 4.78 is 0. The molecular formula is C13H20O2. The highest BCUT2D eigenvalue weighted by atomic mass is 16.4. The van der Waals surface area contributed by atoms with Gasteiger partial charge >= 0.3 is 5.97 Å². The predicted octanol–water partition coefficient (Wildman–Crippen LogP) is 3.09. The van der Waals surface area contributed by atoms with E-state index in [0.717, 1.165) is 5.92 Å². The maximum Gasteiger partial charge on any atom is 0.307 e. The van der Waals surface area contributed by atoms with Crippen molar-refractivity contribution in [1.29, 1.82) is 0 Å². The Morgan fingerprint density at radius 2 is 1.87 bits per heavy atom. The number of carboxylic acid groups (broad SMARTS) is 1. The number of hydrogen-bond donors (Lipinski definition) is 1. The second-order valence-electron chi connectivity index (χ2n) is 5.59. The average molecular weight is 208 g/mol. The molecule has 0 bridgehead atoms. The van der Waals surface area contributed by atoms with Crippen LogP contribution in [0.5, 0.6) is 0 Å². The summed E-state index contributed by atoms with van der Waals surface area (Å²) in [7, 11) is 0. The maximum absolute atomic E-state index is 10.9. The molecular weight excluding hydrogens is 188 g/mol. The first kappa shape index (κ1) is 10.7. The number of carboxylic acids is 1. The van der Waals surface area contributed by atoms with Gasteiger partial charge in [0.1, 0.15) is 0 Å². The molecule has 2 heteroatoms. The van der Waals surface area contributed by atoms with E-state index in [4.69, 9.17) is 5.11 Å². The van der Waals surface area contributed by atoms with Crippen molar-refractivity contribution in [2.24, 2.45) is 23.2 Å². The molecule has 15 heavy (non-hydrogen) atoms. The van der Waals surface area contributed by atoms with Gasteiger partial charge in [0.25, 0.3) is 0 Å². The van der Waals surface area contributed by atoms with Crippen molar-refractivity contribution in [2.45, 2.75) is 39.5 Å². The molecule has 0 radical (unpaired) electrons. The average Bonchev–Trinajstić information content (AvgIpc) is 2.55. The maximum atomic E-state index is 10.9. The molecule has 0 saturated heterocycles. The summed E-state index contributed by atoms with van der Waals surface area (Å²) in [5.41, 5.74) is -0.0268. The third kappa shape index (κ3) is 1.95. The first-order chi connectivity index (χ1) is 7.03. The lowest BCUT2D eigenvalue weighted by Crippen LogP contribution is -2.03. The second kappa shape index (κ2) is 3.66. The molecule has 1 N–H and O–H groups in total. The van der Waals surface area contributed by atoms with Crippen molar-refractivity contribution < 1.29 is 9.90 Å². The van der Waals surface area contributed by atoms with E-state index in [1.54, 1.807) is 0 Å². The molecule has 0 aromatic heterocycles. The number of allylic oxidation sites excluding steroid dienone is 2. The van der Waals surface area contributed by atoms with Crippen molar-refractivity contribution in [3.63, 3.8) is 0 Å². The Balaban J connectivity index is 1.93. The third-order valence-electron chi connectivity index (χ3n) is 4.17. The molecule has 2 nitrogen and oxygen atoms in total. The Labute approximate surface area is 91.4 Å². The number of aliphatic carboxylic acids is 1. The molecule has 0 spiro atoms. The fraction of sp³-hybridized carbons (Fsp3) is 0.769. The van der Waals surface area contributed by atoms with Crippen LogP contribution in [0.2, 0.25) is 0 Å². The lowest BCUT2D eigenvalue weighted by atomic mass is 10.0. The molecule has 2 fully saturated rings. The summed E-state index contributed by atoms with van der Waals surface area (Å²) in [4.78, 5) is 10.9. The summed E-state index contributed by atoms with van der Waals surface area (Å²) in [5.74, 6) is 0.183. The summed E-state index contributed by atoms with van der Waals surface area (Å²) in [5, 5.41) is 9.02. The molecule has 0 aromatic carbocycles. The summed E-state index contributed by atoms with van der Waals surface area (Å²) in [6, 6.07) is 0. The number of carbonyl (C=O) groups is 1. The summed E-state index contributed by atoms with van der Waals surface area (Å²) >= 11 is 0. The summed E-state index contributed by atoms with van der Waals surface area (Å²) in [6.45, 7) is 4.10. The Kier molecular flexibility index (Phi) is 2.61. The van der Waals surface area contributed by atoms with Crippen molar-refractivity contribution in [2.75, 3.05) is 0 Å². The smallest absolute Gasteiger partial charge is 0.307 e. The Morgan fingerprint density at radius 1 is 1.27 bits per heavy atom. The molecule has 2 aliphatic rings. The van der Waals surface area contributed by atoms with E-state index in [2.05, 4.69) is 26.0 Å². The van der Waals surface area contributed by atoms with E-state index < -0.39 is 5.97 Å². The van der Waals surface area contributed by atoms with Crippen molar-refractivity contribution >= 4 is 5.97 Å². The Morgan fingerprint density at radius 3 is 2.33 bits per heavy atom. The predicted molar refractivity (Wildman–Crippen MR) is 59.5 cm³/mol. The van der Waals surface area contributed by atoms with Crippen molar-refractivity contribution in [3.8, 4) is 0 Å². The van der Waals surface area contributed by atoms with Gasteiger partial charge in [-0.25, -0.2) is 0 Å². The van der Waals surface area contributed by atoms with Gasteiger partial charge in [-0.2, -0.15) is 0 Å². The molecule has 2 aliphatic carbocycles. The summed E-state index contributed by atoms with van der Waals surface area (Å²) in [6.07, 6.45) is 9.69. The van der Waals surface area contributed by atoms with Crippen LogP contribution in [0.4, 0.5) is 0 Å². The van der Waals surface area contributed by atoms with Crippen molar-refractivity contribution in [3.05, 3.63) is 12.2 Å². The molecule has 84 valence electrons. The highest BCUT2D eigenvalue weighted by molar-refractivity contribution is 5.76. The topological polar surface area (TPSA) is 37.3 Å². The first-order valence-electron chi connectivity index (χ1n) is 5.94. The van der Waals surface area contributed by atoms with Gasteiger partial charge in [-0.05, 0) is 30.1 Å². The molecule has 2 unspecified atom stereocenters. The van der Waals surface area contributed by atoms with Crippen LogP contribution < -0.4 is 0 Å². The molecule has 2 saturated carbocycles. The molecule has 0 amide bonds. The quantitative estimate of drug-likeness (QED) is 0.724.